The summed E-state index contributed by atoms with van der Waals surface area (Å²) in [5, 5.41) is 19.9. The summed E-state index contributed by atoms with van der Waals surface area (Å²) in [7, 11) is 0. The molecule has 0 bridgehead atoms. The quantitative estimate of drug-likeness (QED) is 0.424. The Morgan fingerprint density at radius 1 is 1.35 bits per heavy atom. The third-order valence-corrected chi connectivity index (χ3v) is 2.54. The second-order valence-electron chi connectivity index (χ2n) is 4.03. The Labute approximate surface area is 116 Å². The number of benzene rings is 1. The summed E-state index contributed by atoms with van der Waals surface area (Å²) in [5.74, 6) is -1.42. The highest BCUT2D eigenvalue weighted by molar-refractivity contribution is 5.93. The second-order valence-corrected chi connectivity index (χ2v) is 4.03. The zero-order valence-corrected chi connectivity index (χ0v) is 11.2. The molecule has 0 atom stereocenters. The van der Waals surface area contributed by atoms with E-state index in [9.17, 15) is 14.9 Å². The summed E-state index contributed by atoms with van der Waals surface area (Å²) in [6.07, 6.45) is 1.96. The van der Waals surface area contributed by atoms with Crippen LogP contribution in [0.4, 0.5) is 5.69 Å². The molecule has 0 saturated carbocycles. The number of unbranched alkanes of at least 4 members (excludes halogenated alkanes) is 1. The number of aromatic carboxylic acids is 1. The molecule has 0 saturated heterocycles. The smallest absolute Gasteiger partial charge is 0.342 e. The fraction of sp³-hybridized carbons (Fsp3) is 0.462. The molecule has 7 heteroatoms. The van der Waals surface area contributed by atoms with Crippen LogP contribution in [0.2, 0.25) is 0 Å². The SMILES string of the molecule is CCCCOCCOc1cccc(C(=O)O)c1[N+](=O)[O-]. The number of nitro benzene ring substituents is 1. The Kier molecular flexibility index (Phi) is 6.45. The third kappa shape index (κ3) is 4.51. The Morgan fingerprint density at radius 2 is 2.10 bits per heavy atom. The molecule has 1 N–H and O–H groups in total. The van der Waals surface area contributed by atoms with Crippen molar-refractivity contribution in [2.45, 2.75) is 19.8 Å². The van der Waals surface area contributed by atoms with Crippen molar-refractivity contribution < 1.29 is 24.3 Å². The molecule has 1 aromatic rings. The normalized spacial score (nSPS) is 10.2. The summed E-state index contributed by atoms with van der Waals surface area (Å²) in [5.41, 5.74) is -0.923. The molecule has 0 aromatic heterocycles. The highest BCUT2D eigenvalue weighted by Gasteiger charge is 2.25. The molecule has 0 aliphatic heterocycles. The van der Waals surface area contributed by atoms with E-state index in [1.807, 2.05) is 6.92 Å². The Balaban J connectivity index is 2.67. The van der Waals surface area contributed by atoms with Crippen LogP contribution in [0.15, 0.2) is 18.2 Å². The number of hydrogen-bond donors (Lipinski definition) is 1. The van der Waals surface area contributed by atoms with Gasteiger partial charge in [0.25, 0.3) is 0 Å². The molecule has 0 aliphatic rings. The maximum Gasteiger partial charge on any atom is 0.342 e. The van der Waals surface area contributed by atoms with Gasteiger partial charge in [-0.2, -0.15) is 0 Å². The van der Waals surface area contributed by atoms with Crippen molar-refractivity contribution in [3.8, 4) is 5.75 Å². The van der Waals surface area contributed by atoms with Crippen molar-refractivity contribution in [3.05, 3.63) is 33.9 Å². The number of carbonyl (C=O) groups is 1. The lowest BCUT2D eigenvalue weighted by Gasteiger charge is -2.08. The Morgan fingerprint density at radius 3 is 2.70 bits per heavy atom. The Bertz CT molecular complexity index is 474. The van der Waals surface area contributed by atoms with E-state index < -0.39 is 16.6 Å². The lowest BCUT2D eigenvalue weighted by atomic mass is 10.1. The zero-order chi connectivity index (χ0) is 15.0. The van der Waals surface area contributed by atoms with Gasteiger partial charge < -0.3 is 14.6 Å². The molecule has 1 rings (SSSR count). The standard InChI is InChI=1S/C13H17NO6/c1-2-3-7-19-8-9-20-11-6-4-5-10(13(15)16)12(11)14(17)18/h4-6H,2-3,7-9H2,1H3,(H,15,16). The first-order valence-corrected chi connectivity index (χ1v) is 6.29. The molecule has 20 heavy (non-hydrogen) atoms. The molecule has 1 aromatic carbocycles. The van der Waals surface area contributed by atoms with E-state index in [1.54, 1.807) is 0 Å². The highest BCUT2D eigenvalue weighted by Crippen LogP contribution is 2.30. The van der Waals surface area contributed by atoms with Crippen molar-refractivity contribution in [1.29, 1.82) is 0 Å². The van der Waals surface area contributed by atoms with Gasteiger partial charge in [0, 0.05) is 6.61 Å². The van der Waals surface area contributed by atoms with Gasteiger partial charge in [0.15, 0.2) is 5.75 Å². The first-order valence-electron chi connectivity index (χ1n) is 6.29. The summed E-state index contributed by atoms with van der Waals surface area (Å²) in [4.78, 5) is 21.1. The molecular formula is C13H17NO6. The van der Waals surface area contributed by atoms with Gasteiger partial charge >= 0.3 is 11.7 Å². The number of para-hydroxylation sites is 1. The minimum atomic E-state index is -1.36. The predicted molar refractivity (Wildman–Crippen MR) is 71.3 cm³/mol. The fourth-order valence-corrected chi connectivity index (χ4v) is 1.56. The van der Waals surface area contributed by atoms with Gasteiger partial charge in [0.1, 0.15) is 12.2 Å². The van der Waals surface area contributed by atoms with Crippen LogP contribution in [0.3, 0.4) is 0 Å². The number of nitro groups is 1. The summed E-state index contributed by atoms with van der Waals surface area (Å²) in [6, 6.07) is 3.95. The average molecular weight is 283 g/mol. The molecule has 7 nitrogen and oxygen atoms in total. The molecule has 0 unspecified atom stereocenters. The van der Waals surface area contributed by atoms with Crippen LogP contribution in [0.1, 0.15) is 30.1 Å². The van der Waals surface area contributed by atoms with Crippen molar-refractivity contribution in [1.82, 2.24) is 0 Å². The largest absolute Gasteiger partial charge is 0.484 e. The first-order chi connectivity index (χ1) is 9.57. The third-order valence-electron chi connectivity index (χ3n) is 2.54. The van der Waals surface area contributed by atoms with Crippen LogP contribution in [0, 0.1) is 10.1 Å². The van der Waals surface area contributed by atoms with Crippen LogP contribution in [0.5, 0.6) is 5.75 Å². The van der Waals surface area contributed by atoms with E-state index in [4.69, 9.17) is 14.6 Å². The van der Waals surface area contributed by atoms with Crippen LogP contribution in [-0.2, 0) is 4.74 Å². The fourth-order valence-electron chi connectivity index (χ4n) is 1.56. The number of carboxylic acid groups (broad SMARTS) is 1. The number of carboxylic acids is 1. The molecule has 0 aliphatic carbocycles. The van der Waals surface area contributed by atoms with E-state index in [0.29, 0.717) is 13.2 Å². The second kappa shape index (κ2) is 8.11. The number of hydrogen-bond acceptors (Lipinski definition) is 5. The van der Waals surface area contributed by atoms with Crippen molar-refractivity contribution in [2.24, 2.45) is 0 Å². The number of rotatable bonds is 9. The molecule has 110 valence electrons. The van der Waals surface area contributed by atoms with Gasteiger partial charge in [0.2, 0.25) is 0 Å². The topological polar surface area (TPSA) is 98.9 Å². The minimum Gasteiger partial charge on any atom is -0.484 e. The summed E-state index contributed by atoms with van der Waals surface area (Å²) >= 11 is 0. The van der Waals surface area contributed by atoms with E-state index in [-0.39, 0.29) is 17.9 Å². The number of nitrogens with zero attached hydrogens (tertiary/aromatic N) is 1. The van der Waals surface area contributed by atoms with Crippen molar-refractivity contribution in [2.75, 3.05) is 19.8 Å². The van der Waals surface area contributed by atoms with Gasteiger partial charge in [0.05, 0.1) is 11.5 Å². The van der Waals surface area contributed by atoms with Crippen molar-refractivity contribution >= 4 is 11.7 Å². The lowest BCUT2D eigenvalue weighted by Crippen LogP contribution is -2.10. The van der Waals surface area contributed by atoms with Gasteiger partial charge in [-0.25, -0.2) is 4.79 Å². The van der Waals surface area contributed by atoms with Crippen molar-refractivity contribution in [3.63, 3.8) is 0 Å². The molecule has 0 spiro atoms. The predicted octanol–water partition coefficient (Wildman–Crippen LogP) is 2.49. The maximum absolute atomic E-state index is 11.0. The van der Waals surface area contributed by atoms with Crippen LogP contribution in [-0.4, -0.2) is 35.8 Å². The molecule has 0 amide bonds. The first kappa shape index (κ1) is 15.9. The van der Waals surface area contributed by atoms with Gasteiger partial charge in [-0.1, -0.05) is 19.4 Å². The number of ether oxygens (including phenoxy) is 2. The van der Waals surface area contributed by atoms with Gasteiger partial charge in [-0.05, 0) is 18.6 Å². The van der Waals surface area contributed by atoms with Gasteiger partial charge in [-0.15, -0.1) is 0 Å². The highest BCUT2D eigenvalue weighted by atomic mass is 16.6. The zero-order valence-electron chi connectivity index (χ0n) is 11.2. The Hall–Kier alpha value is -2.15. The molecule has 0 fully saturated rings. The van der Waals surface area contributed by atoms with E-state index >= 15 is 0 Å². The maximum atomic E-state index is 11.0. The summed E-state index contributed by atoms with van der Waals surface area (Å²) in [6.45, 7) is 3.08. The molecule has 0 radical (unpaired) electrons. The summed E-state index contributed by atoms with van der Waals surface area (Å²) < 4.78 is 10.5. The monoisotopic (exact) mass is 283 g/mol. The van der Waals surface area contributed by atoms with Crippen LogP contribution >= 0.6 is 0 Å². The average Bonchev–Trinajstić information content (AvgIpc) is 2.42. The van der Waals surface area contributed by atoms with Crippen LogP contribution in [0.25, 0.3) is 0 Å². The van der Waals surface area contributed by atoms with E-state index in [2.05, 4.69) is 0 Å². The van der Waals surface area contributed by atoms with E-state index in [1.165, 1.54) is 18.2 Å². The van der Waals surface area contributed by atoms with Gasteiger partial charge in [-0.3, -0.25) is 10.1 Å². The minimum absolute atomic E-state index is 0.0611. The molecule has 0 heterocycles. The lowest BCUT2D eigenvalue weighted by molar-refractivity contribution is -0.386. The molecular weight excluding hydrogens is 266 g/mol. The van der Waals surface area contributed by atoms with Crippen LogP contribution < -0.4 is 4.74 Å². The van der Waals surface area contributed by atoms with E-state index in [0.717, 1.165) is 12.8 Å².